The van der Waals surface area contributed by atoms with Crippen LogP contribution in [0.15, 0.2) is 33.4 Å². The molecule has 1 aliphatic rings. The van der Waals surface area contributed by atoms with E-state index in [4.69, 9.17) is 0 Å². The van der Waals surface area contributed by atoms with Crippen LogP contribution < -0.4 is 0 Å². The summed E-state index contributed by atoms with van der Waals surface area (Å²) in [5.41, 5.74) is 2.14. The molecule has 4 nitrogen and oxygen atoms in total. The molecule has 0 bridgehead atoms. The standard InChI is InChI=1S/C15H10BrNO3S/c1-17-13(18)6-8-2-3-9(4-11(8)15(17)20)14(19)10-5-12(16)21-7-10/h2-5,7H,6H2,1H3. The molecule has 106 valence electrons. The van der Waals surface area contributed by atoms with E-state index in [0.29, 0.717) is 22.3 Å². The number of benzene rings is 1. The summed E-state index contributed by atoms with van der Waals surface area (Å²) in [5.74, 6) is -0.720. The normalized spacial score (nSPS) is 14.3. The van der Waals surface area contributed by atoms with Crippen molar-refractivity contribution >= 4 is 44.9 Å². The number of fused-ring (bicyclic) bond motifs is 1. The Morgan fingerprint density at radius 1 is 1.24 bits per heavy atom. The molecule has 21 heavy (non-hydrogen) atoms. The maximum Gasteiger partial charge on any atom is 0.260 e. The third-order valence-electron chi connectivity index (χ3n) is 3.45. The minimum Gasteiger partial charge on any atom is -0.289 e. The van der Waals surface area contributed by atoms with Gasteiger partial charge in [0.2, 0.25) is 5.91 Å². The first-order valence-electron chi connectivity index (χ1n) is 6.20. The van der Waals surface area contributed by atoms with Gasteiger partial charge in [0.15, 0.2) is 5.78 Å². The van der Waals surface area contributed by atoms with Gasteiger partial charge in [-0.05, 0) is 33.6 Å². The van der Waals surface area contributed by atoms with Crippen molar-refractivity contribution in [1.82, 2.24) is 4.90 Å². The van der Waals surface area contributed by atoms with Gasteiger partial charge in [0, 0.05) is 29.1 Å². The first-order valence-corrected chi connectivity index (χ1v) is 7.87. The van der Waals surface area contributed by atoms with Gasteiger partial charge in [0.05, 0.1) is 10.2 Å². The lowest BCUT2D eigenvalue weighted by Gasteiger charge is -2.23. The average Bonchev–Trinajstić information content (AvgIpc) is 2.90. The van der Waals surface area contributed by atoms with E-state index in [1.54, 1.807) is 29.6 Å². The molecule has 6 heteroatoms. The second kappa shape index (κ2) is 5.20. The first-order chi connectivity index (χ1) is 9.97. The van der Waals surface area contributed by atoms with Crippen molar-refractivity contribution < 1.29 is 14.4 Å². The van der Waals surface area contributed by atoms with Gasteiger partial charge in [-0.3, -0.25) is 19.3 Å². The van der Waals surface area contributed by atoms with E-state index in [-0.39, 0.29) is 24.0 Å². The Bertz CT molecular complexity index is 781. The maximum absolute atomic E-state index is 12.4. The quantitative estimate of drug-likeness (QED) is 0.608. The monoisotopic (exact) mass is 363 g/mol. The minimum atomic E-state index is -0.359. The van der Waals surface area contributed by atoms with Crippen molar-refractivity contribution in [2.24, 2.45) is 0 Å². The fourth-order valence-electron chi connectivity index (χ4n) is 2.24. The Morgan fingerprint density at radius 2 is 2.00 bits per heavy atom. The predicted octanol–water partition coefficient (Wildman–Crippen LogP) is 2.90. The Kier molecular flexibility index (Phi) is 3.51. The van der Waals surface area contributed by atoms with E-state index in [2.05, 4.69) is 15.9 Å². The minimum absolute atomic E-state index is 0.132. The van der Waals surface area contributed by atoms with Gasteiger partial charge in [-0.25, -0.2) is 0 Å². The van der Waals surface area contributed by atoms with Gasteiger partial charge in [0.1, 0.15) is 0 Å². The lowest BCUT2D eigenvalue weighted by Crippen LogP contribution is -2.39. The number of likely N-dealkylation sites (N-methyl/N-ethyl adjacent to an activating group) is 1. The molecule has 3 rings (SSSR count). The molecule has 0 atom stereocenters. The highest BCUT2D eigenvalue weighted by atomic mass is 79.9. The Hall–Kier alpha value is -1.79. The molecule has 1 aliphatic heterocycles. The van der Waals surface area contributed by atoms with Crippen LogP contribution in [0.2, 0.25) is 0 Å². The number of imide groups is 1. The number of halogens is 1. The van der Waals surface area contributed by atoms with Crippen LogP contribution in [0.3, 0.4) is 0 Å². The third kappa shape index (κ3) is 2.45. The maximum atomic E-state index is 12.4. The van der Waals surface area contributed by atoms with Gasteiger partial charge in [-0.1, -0.05) is 12.1 Å². The first kappa shape index (κ1) is 14.2. The van der Waals surface area contributed by atoms with Crippen LogP contribution in [0.1, 0.15) is 31.8 Å². The van der Waals surface area contributed by atoms with Crippen molar-refractivity contribution in [2.45, 2.75) is 6.42 Å². The van der Waals surface area contributed by atoms with Gasteiger partial charge in [-0.2, -0.15) is 0 Å². The molecule has 0 fully saturated rings. The van der Waals surface area contributed by atoms with Crippen LogP contribution >= 0.6 is 27.3 Å². The van der Waals surface area contributed by atoms with E-state index in [0.717, 1.165) is 8.69 Å². The van der Waals surface area contributed by atoms with Crippen molar-refractivity contribution in [3.8, 4) is 0 Å². The van der Waals surface area contributed by atoms with Crippen LogP contribution in [0.5, 0.6) is 0 Å². The van der Waals surface area contributed by atoms with Gasteiger partial charge >= 0.3 is 0 Å². The molecular weight excluding hydrogens is 354 g/mol. The molecule has 0 N–H and O–H groups in total. The van der Waals surface area contributed by atoms with E-state index < -0.39 is 0 Å². The number of hydrogen-bond donors (Lipinski definition) is 0. The highest BCUT2D eigenvalue weighted by Crippen LogP contribution is 2.25. The lowest BCUT2D eigenvalue weighted by molar-refractivity contribution is -0.127. The molecule has 0 radical (unpaired) electrons. The van der Waals surface area contributed by atoms with Gasteiger partial charge < -0.3 is 0 Å². The zero-order valence-corrected chi connectivity index (χ0v) is 13.5. The molecule has 1 aromatic carbocycles. The molecule has 2 amide bonds. The average molecular weight is 364 g/mol. The summed E-state index contributed by atoms with van der Waals surface area (Å²) in [7, 11) is 1.46. The molecular formula is C15H10BrNO3S. The number of nitrogens with zero attached hydrogens (tertiary/aromatic N) is 1. The van der Waals surface area contributed by atoms with Crippen LogP contribution in [-0.2, 0) is 11.2 Å². The number of hydrogen-bond acceptors (Lipinski definition) is 4. The Labute approximate surface area is 133 Å². The van der Waals surface area contributed by atoms with Crippen molar-refractivity contribution in [3.05, 3.63) is 55.7 Å². The third-order valence-corrected chi connectivity index (χ3v) is 4.96. The molecule has 2 aromatic rings. The highest BCUT2D eigenvalue weighted by Gasteiger charge is 2.28. The van der Waals surface area contributed by atoms with Crippen LogP contribution in [0, 0.1) is 0 Å². The lowest BCUT2D eigenvalue weighted by atomic mass is 9.94. The van der Waals surface area contributed by atoms with Gasteiger partial charge in [0.25, 0.3) is 5.91 Å². The number of carbonyl (C=O) groups is 3. The topological polar surface area (TPSA) is 54.5 Å². The van der Waals surface area contributed by atoms with Gasteiger partial charge in [-0.15, -0.1) is 11.3 Å². The summed E-state index contributed by atoms with van der Waals surface area (Å²) >= 11 is 4.76. The number of rotatable bonds is 2. The summed E-state index contributed by atoms with van der Waals surface area (Å²) in [4.78, 5) is 37.3. The number of amides is 2. The molecule has 0 saturated carbocycles. The second-order valence-corrected chi connectivity index (χ2v) is 7.07. The SMILES string of the molecule is CN1C(=O)Cc2ccc(C(=O)c3csc(Br)c3)cc2C1=O. The van der Waals surface area contributed by atoms with E-state index in [9.17, 15) is 14.4 Å². The number of ketones is 1. The molecule has 1 aromatic heterocycles. The summed E-state index contributed by atoms with van der Waals surface area (Å²) in [5, 5.41) is 1.77. The van der Waals surface area contributed by atoms with Crippen molar-refractivity contribution in [1.29, 1.82) is 0 Å². The number of carbonyl (C=O) groups excluding carboxylic acids is 3. The summed E-state index contributed by atoms with van der Waals surface area (Å²) in [6.07, 6.45) is 0.191. The highest BCUT2D eigenvalue weighted by molar-refractivity contribution is 9.11. The molecule has 0 unspecified atom stereocenters. The molecule has 0 spiro atoms. The van der Waals surface area contributed by atoms with Crippen LogP contribution in [0.25, 0.3) is 0 Å². The van der Waals surface area contributed by atoms with Crippen LogP contribution in [-0.4, -0.2) is 29.5 Å². The molecule has 0 saturated heterocycles. The second-order valence-electron chi connectivity index (χ2n) is 4.78. The summed E-state index contributed by atoms with van der Waals surface area (Å²) < 4.78 is 0.880. The van der Waals surface area contributed by atoms with E-state index >= 15 is 0 Å². The van der Waals surface area contributed by atoms with Crippen molar-refractivity contribution in [3.63, 3.8) is 0 Å². The van der Waals surface area contributed by atoms with Crippen molar-refractivity contribution in [2.75, 3.05) is 7.05 Å². The predicted molar refractivity (Wildman–Crippen MR) is 82.7 cm³/mol. The smallest absolute Gasteiger partial charge is 0.260 e. The summed E-state index contributed by atoms with van der Waals surface area (Å²) in [6, 6.07) is 6.68. The zero-order chi connectivity index (χ0) is 15.1. The Balaban J connectivity index is 2.02. The fraction of sp³-hybridized carbons (Fsp3) is 0.133. The molecule has 0 aliphatic carbocycles. The number of thiophene rings is 1. The Morgan fingerprint density at radius 3 is 2.67 bits per heavy atom. The van der Waals surface area contributed by atoms with E-state index in [1.165, 1.54) is 18.4 Å². The summed E-state index contributed by atoms with van der Waals surface area (Å²) in [6.45, 7) is 0. The zero-order valence-electron chi connectivity index (χ0n) is 11.1. The largest absolute Gasteiger partial charge is 0.289 e. The van der Waals surface area contributed by atoms with E-state index in [1.807, 2.05) is 0 Å². The fourth-order valence-corrected chi connectivity index (χ4v) is 3.38. The molecule has 2 heterocycles. The van der Waals surface area contributed by atoms with Crippen LogP contribution in [0.4, 0.5) is 0 Å².